The fourth-order valence-electron chi connectivity index (χ4n) is 1.38. The maximum Gasteiger partial charge on any atom is 0.466 e. The first kappa shape index (κ1) is 17.7. The average Bonchev–Trinajstić information content (AvgIpc) is 2.45. The maximum absolute atomic E-state index is 10.7. The van der Waals surface area contributed by atoms with Crippen LogP contribution >= 0.6 is 7.82 Å². The predicted molar refractivity (Wildman–Crippen MR) is 81.4 cm³/mol. The van der Waals surface area contributed by atoms with Crippen LogP contribution < -0.4 is 0 Å². The van der Waals surface area contributed by atoms with Gasteiger partial charge in [-0.2, -0.15) is 0 Å². The van der Waals surface area contributed by atoms with Gasteiger partial charge in [-0.05, 0) is 29.8 Å². The number of carboxylic acids is 1. The molecule has 0 saturated heterocycles. The molecule has 0 fully saturated rings. The van der Waals surface area contributed by atoms with Gasteiger partial charge in [0.1, 0.15) is 0 Å². The molecule has 2 aromatic rings. The monoisotopic (exact) mass is 323 g/mol. The fourth-order valence-corrected chi connectivity index (χ4v) is 1.38. The molecule has 0 aliphatic heterocycles. The predicted octanol–water partition coefficient (Wildman–Crippen LogP) is 2.21. The van der Waals surface area contributed by atoms with Crippen LogP contribution in [-0.2, 0) is 4.57 Å². The summed E-state index contributed by atoms with van der Waals surface area (Å²) < 4.78 is 8.88. The van der Waals surface area contributed by atoms with Gasteiger partial charge < -0.3 is 19.8 Å². The van der Waals surface area contributed by atoms with Gasteiger partial charge in [-0.1, -0.05) is 30.3 Å². The van der Waals surface area contributed by atoms with E-state index in [-0.39, 0.29) is 5.56 Å². The number of nitrogens with zero attached hydrogens (tertiary/aromatic N) is 1. The Morgan fingerprint density at radius 1 is 0.955 bits per heavy atom. The van der Waals surface area contributed by atoms with Crippen molar-refractivity contribution in [3.05, 3.63) is 65.7 Å². The molecule has 8 heteroatoms. The zero-order chi connectivity index (χ0) is 16.6. The largest absolute Gasteiger partial charge is 0.478 e. The molecule has 0 saturated carbocycles. The van der Waals surface area contributed by atoms with Crippen LogP contribution in [0.5, 0.6) is 0 Å². The summed E-state index contributed by atoms with van der Waals surface area (Å²) in [6.07, 6.45) is 1.75. The molecule has 0 spiro atoms. The SMILES string of the molecule is O=C(O)c1ccc(N=Cc2ccccc2)cc1.O=P(O)(O)O. The number of rotatable bonds is 3. The Kier molecular flexibility index (Phi) is 6.62. The van der Waals surface area contributed by atoms with Crippen molar-refractivity contribution in [2.75, 3.05) is 0 Å². The summed E-state index contributed by atoms with van der Waals surface area (Å²) in [6.45, 7) is 0. The highest BCUT2D eigenvalue weighted by molar-refractivity contribution is 7.45. The smallest absolute Gasteiger partial charge is 0.466 e. The van der Waals surface area contributed by atoms with E-state index < -0.39 is 13.8 Å². The Balaban J connectivity index is 0.000000422. The number of carboxylic acid groups (broad SMARTS) is 1. The van der Waals surface area contributed by atoms with Crippen molar-refractivity contribution in [3.63, 3.8) is 0 Å². The second kappa shape index (κ2) is 8.21. The van der Waals surface area contributed by atoms with Crippen molar-refractivity contribution in [2.45, 2.75) is 0 Å². The van der Waals surface area contributed by atoms with Gasteiger partial charge in [-0.25, -0.2) is 9.36 Å². The van der Waals surface area contributed by atoms with Crippen LogP contribution in [0.15, 0.2) is 59.6 Å². The fraction of sp³-hybridized carbons (Fsp3) is 0. The minimum Gasteiger partial charge on any atom is -0.478 e. The van der Waals surface area contributed by atoms with E-state index in [4.69, 9.17) is 24.4 Å². The van der Waals surface area contributed by atoms with Gasteiger partial charge in [0.05, 0.1) is 11.3 Å². The molecule has 0 aliphatic carbocycles. The number of hydrogen-bond donors (Lipinski definition) is 4. The van der Waals surface area contributed by atoms with Gasteiger partial charge in [-0.3, -0.25) is 4.99 Å². The van der Waals surface area contributed by atoms with Crippen molar-refractivity contribution >= 4 is 25.7 Å². The van der Waals surface area contributed by atoms with E-state index >= 15 is 0 Å². The molecule has 0 amide bonds. The van der Waals surface area contributed by atoms with E-state index in [1.807, 2.05) is 30.3 Å². The molecule has 7 nitrogen and oxygen atoms in total. The van der Waals surface area contributed by atoms with Crippen LogP contribution in [0.25, 0.3) is 0 Å². The summed E-state index contributed by atoms with van der Waals surface area (Å²) in [5.41, 5.74) is 2.01. The molecular weight excluding hydrogens is 309 g/mol. The first-order valence-corrected chi connectivity index (χ1v) is 7.53. The molecule has 0 atom stereocenters. The zero-order valence-electron chi connectivity index (χ0n) is 11.3. The normalized spacial score (nSPS) is 10.9. The Hall–Kier alpha value is -2.31. The van der Waals surface area contributed by atoms with Crippen LogP contribution in [0.3, 0.4) is 0 Å². The topological polar surface area (TPSA) is 127 Å². The van der Waals surface area contributed by atoms with Gasteiger partial charge in [0.2, 0.25) is 0 Å². The third kappa shape index (κ3) is 8.08. The van der Waals surface area contributed by atoms with Crippen LogP contribution in [0, 0.1) is 0 Å². The molecule has 0 bridgehead atoms. The molecule has 2 aromatic carbocycles. The summed E-state index contributed by atoms with van der Waals surface area (Å²) in [5.74, 6) is -0.927. The summed E-state index contributed by atoms with van der Waals surface area (Å²) in [6, 6.07) is 16.2. The third-order valence-corrected chi connectivity index (χ3v) is 2.28. The van der Waals surface area contributed by atoms with Gasteiger partial charge in [0, 0.05) is 6.21 Å². The standard InChI is InChI=1S/C14H11NO2.H3O4P/c16-14(17)12-6-8-13(9-7-12)15-10-11-4-2-1-3-5-11;1-5(2,3)4/h1-10H,(H,16,17);(H3,1,2,3,4). The number of hydrogen-bond acceptors (Lipinski definition) is 3. The summed E-state index contributed by atoms with van der Waals surface area (Å²) in [4.78, 5) is 36.5. The lowest BCUT2D eigenvalue weighted by molar-refractivity contribution is 0.0697. The lowest BCUT2D eigenvalue weighted by Crippen LogP contribution is -1.94. The van der Waals surface area contributed by atoms with E-state index in [1.165, 1.54) is 0 Å². The molecule has 22 heavy (non-hydrogen) atoms. The number of phosphoric acid groups is 1. The van der Waals surface area contributed by atoms with E-state index in [0.29, 0.717) is 0 Å². The highest BCUT2D eigenvalue weighted by Crippen LogP contribution is 2.25. The Morgan fingerprint density at radius 2 is 1.45 bits per heavy atom. The molecule has 4 N–H and O–H groups in total. The molecule has 2 rings (SSSR count). The molecular formula is C14H14NO6P. The first-order chi connectivity index (χ1) is 10.3. The van der Waals surface area contributed by atoms with E-state index in [9.17, 15) is 4.79 Å². The second-order valence-electron chi connectivity index (χ2n) is 4.03. The second-order valence-corrected chi connectivity index (χ2v) is 5.06. The van der Waals surface area contributed by atoms with Crippen molar-refractivity contribution in [1.29, 1.82) is 0 Å². The minimum atomic E-state index is -4.64. The van der Waals surface area contributed by atoms with E-state index in [0.717, 1.165) is 11.3 Å². The Labute approximate surface area is 126 Å². The van der Waals surface area contributed by atoms with Gasteiger partial charge in [0.15, 0.2) is 0 Å². The molecule has 0 aliphatic rings. The summed E-state index contributed by atoms with van der Waals surface area (Å²) in [7, 11) is -4.64. The number of aliphatic imine (C=N–C) groups is 1. The summed E-state index contributed by atoms with van der Waals surface area (Å²) in [5, 5.41) is 8.75. The zero-order valence-corrected chi connectivity index (χ0v) is 12.2. The molecule has 116 valence electrons. The number of benzene rings is 2. The van der Waals surface area contributed by atoms with Crippen molar-refractivity contribution in [1.82, 2.24) is 0 Å². The lowest BCUT2D eigenvalue weighted by Gasteiger charge is -1.96. The van der Waals surface area contributed by atoms with Gasteiger partial charge in [-0.15, -0.1) is 0 Å². The molecule has 0 aromatic heterocycles. The first-order valence-electron chi connectivity index (χ1n) is 5.96. The van der Waals surface area contributed by atoms with Crippen molar-refractivity contribution in [2.24, 2.45) is 4.99 Å². The molecule has 0 unspecified atom stereocenters. The highest BCUT2D eigenvalue weighted by atomic mass is 31.2. The van der Waals surface area contributed by atoms with E-state index in [1.54, 1.807) is 30.5 Å². The number of carbonyl (C=O) groups is 1. The molecule has 0 heterocycles. The maximum atomic E-state index is 10.7. The van der Waals surface area contributed by atoms with Crippen LogP contribution in [0.1, 0.15) is 15.9 Å². The summed E-state index contributed by atoms with van der Waals surface area (Å²) >= 11 is 0. The lowest BCUT2D eigenvalue weighted by atomic mass is 10.2. The Morgan fingerprint density at radius 3 is 1.91 bits per heavy atom. The van der Waals surface area contributed by atoms with Crippen LogP contribution in [-0.4, -0.2) is 32.0 Å². The quantitative estimate of drug-likeness (QED) is 0.506. The third-order valence-electron chi connectivity index (χ3n) is 2.28. The van der Waals surface area contributed by atoms with Gasteiger partial charge >= 0.3 is 13.8 Å². The highest BCUT2D eigenvalue weighted by Gasteiger charge is 2.00. The van der Waals surface area contributed by atoms with Crippen molar-refractivity contribution in [3.8, 4) is 0 Å². The number of aromatic carboxylic acids is 1. The van der Waals surface area contributed by atoms with Crippen LogP contribution in [0.4, 0.5) is 5.69 Å². The van der Waals surface area contributed by atoms with Crippen molar-refractivity contribution < 1.29 is 29.1 Å². The molecule has 0 radical (unpaired) electrons. The van der Waals surface area contributed by atoms with E-state index in [2.05, 4.69) is 4.99 Å². The average molecular weight is 323 g/mol. The minimum absolute atomic E-state index is 0.267. The Bertz CT molecular complexity index is 670. The van der Waals surface area contributed by atoms with Gasteiger partial charge in [0.25, 0.3) is 0 Å². The van der Waals surface area contributed by atoms with Crippen LogP contribution in [0.2, 0.25) is 0 Å².